The molecule has 0 saturated carbocycles. The van der Waals surface area contributed by atoms with Crippen molar-refractivity contribution in [2.45, 2.75) is 144 Å². The Morgan fingerprint density at radius 3 is 1.08 bits per heavy atom. The van der Waals surface area contributed by atoms with Gasteiger partial charge in [-0.15, -0.1) is 0 Å². The first-order chi connectivity index (χ1) is 47.5. The van der Waals surface area contributed by atoms with Crippen LogP contribution in [0.15, 0.2) is 50.6 Å². The molecule has 8 aromatic heterocycles. The molecule has 40 nitrogen and oxygen atoms in total. The number of quaternary nitrogens is 3. The van der Waals surface area contributed by atoms with Crippen LogP contribution in [-0.4, -0.2) is 212 Å². The second kappa shape index (κ2) is 36.3. The summed E-state index contributed by atoms with van der Waals surface area (Å²) in [5.41, 5.74) is 25.5. The first-order valence-corrected chi connectivity index (χ1v) is 37.1. The van der Waals surface area contributed by atoms with Crippen LogP contribution in [0.1, 0.15) is 100 Å². The van der Waals surface area contributed by atoms with E-state index in [1.54, 1.807) is 14.7 Å². The van der Waals surface area contributed by atoms with Crippen LogP contribution in [0.3, 0.4) is 0 Å². The molecule has 99 heavy (non-hydrogen) atoms. The van der Waals surface area contributed by atoms with Crippen molar-refractivity contribution in [3.8, 4) is 0 Å². The maximum atomic E-state index is 13.8. The van der Waals surface area contributed by atoms with E-state index in [1.807, 2.05) is 0 Å². The summed E-state index contributed by atoms with van der Waals surface area (Å²) in [4.78, 5) is 94.8. The molecule has 8 aromatic rings. The highest BCUT2D eigenvalue weighted by molar-refractivity contribution is 7.46. The summed E-state index contributed by atoms with van der Waals surface area (Å²) in [6, 6.07) is 0. The van der Waals surface area contributed by atoms with Gasteiger partial charge < -0.3 is 104 Å². The average molecular weight is 1450 g/mol. The molecule has 12 N–H and O–H groups in total. The zero-order chi connectivity index (χ0) is 71.6. The molecule has 11 rings (SSSR count). The fraction of sp³-hybridized carbons (Fsp3) is 0.643. The van der Waals surface area contributed by atoms with Crippen molar-refractivity contribution in [2.24, 2.45) is 0 Å². The van der Waals surface area contributed by atoms with Gasteiger partial charge in [0, 0.05) is 19.3 Å². The summed E-state index contributed by atoms with van der Waals surface area (Å²) in [6.45, 7) is 28.7. The Hall–Kier alpha value is -6.59. The summed E-state index contributed by atoms with van der Waals surface area (Å²) < 4.78 is 102. The number of aliphatic hydroxyl groups excluding tert-OH is 1. The number of phosphoric acid groups is 3. The number of nitrogen functional groups attached to an aromatic ring is 4. The Morgan fingerprint density at radius 1 is 0.444 bits per heavy atom. The molecule has 0 bridgehead atoms. The molecule has 12 atom stereocenters. The lowest BCUT2D eigenvalue weighted by Gasteiger charge is -2.29. The van der Waals surface area contributed by atoms with E-state index in [0.29, 0.717) is 11.2 Å². The Morgan fingerprint density at radius 2 is 0.747 bits per heavy atom. The first-order valence-electron chi connectivity index (χ1n) is 32.7. The van der Waals surface area contributed by atoms with E-state index >= 15 is 0 Å². The number of fused-ring (bicyclic) bond motifs is 4. The van der Waals surface area contributed by atoms with Crippen molar-refractivity contribution >= 4 is 91.4 Å². The van der Waals surface area contributed by atoms with E-state index in [2.05, 4.69) is 122 Å². The predicted molar refractivity (Wildman–Crippen MR) is 351 cm³/mol. The molecule has 3 saturated heterocycles. The minimum absolute atomic E-state index is 0.00143. The van der Waals surface area contributed by atoms with Crippen LogP contribution in [0.2, 0.25) is 0 Å². The number of anilines is 4. The minimum Gasteiger partial charge on any atom is -0.756 e. The smallest absolute Gasteiger partial charge is 0.268 e. The van der Waals surface area contributed by atoms with Crippen molar-refractivity contribution < 1.29 is 94.3 Å². The molecular formula is C56H92N23O17P3. The van der Waals surface area contributed by atoms with E-state index in [1.165, 1.54) is 115 Å². The van der Waals surface area contributed by atoms with Gasteiger partial charge in [0.15, 0.2) is 64.5 Å². The first kappa shape index (κ1) is 78.1. The van der Waals surface area contributed by atoms with Crippen LogP contribution in [0, 0.1) is 0 Å². The fourth-order valence-electron chi connectivity index (χ4n) is 11.2. The van der Waals surface area contributed by atoms with Crippen molar-refractivity contribution in [3.63, 3.8) is 0 Å². The number of aliphatic hydroxyl groups is 1. The van der Waals surface area contributed by atoms with Gasteiger partial charge in [0.2, 0.25) is 0 Å². The van der Waals surface area contributed by atoms with Crippen LogP contribution in [0.4, 0.5) is 23.3 Å². The van der Waals surface area contributed by atoms with Gasteiger partial charge in [-0.2, -0.15) is 0 Å². The van der Waals surface area contributed by atoms with E-state index in [4.69, 9.17) is 69.0 Å². The number of rotatable bonds is 31. The van der Waals surface area contributed by atoms with Gasteiger partial charge in [0.05, 0.1) is 136 Å². The molecule has 0 spiro atoms. The average Bonchev–Trinajstić information content (AvgIpc) is 1.64. The second-order valence-electron chi connectivity index (χ2n) is 22.9. The summed E-state index contributed by atoms with van der Waals surface area (Å²) in [5, 5.41) is 9.91. The third kappa shape index (κ3) is 20.4. The van der Waals surface area contributed by atoms with Crippen LogP contribution < -0.4 is 52.3 Å². The fourth-order valence-corrected chi connectivity index (χ4v) is 14.0. The van der Waals surface area contributed by atoms with Crippen molar-refractivity contribution in [3.05, 3.63) is 50.6 Å². The Kier molecular flexibility index (Phi) is 28.7. The van der Waals surface area contributed by atoms with Crippen molar-refractivity contribution in [2.75, 3.05) is 115 Å². The van der Waals surface area contributed by atoms with Gasteiger partial charge in [-0.05, 0) is 62.3 Å². The molecule has 43 heteroatoms. The zero-order valence-corrected chi connectivity index (χ0v) is 59.5. The number of imidazole rings is 4. The summed E-state index contributed by atoms with van der Waals surface area (Å²) in [7, 11) is -15.8. The van der Waals surface area contributed by atoms with Gasteiger partial charge in [-0.3, -0.25) is 32.0 Å². The Labute approximate surface area is 570 Å². The topological polar surface area (TPSA) is 525 Å². The molecule has 0 radical (unpaired) electrons. The zero-order valence-electron chi connectivity index (χ0n) is 56.8. The highest BCUT2D eigenvalue weighted by Gasteiger charge is 2.45. The molecule has 11 heterocycles. The molecule has 548 valence electrons. The third-order valence-corrected chi connectivity index (χ3v) is 19.9. The van der Waals surface area contributed by atoms with Crippen LogP contribution >= 0.6 is 23.5 Å². The predicted octanol–water partition coefficient (Wildman–Crippen LogP) is -2.09. The molecule has 3 unspecified atom stereocenters. The number of aromatic nitrogens is 16. The summed E-state index contributed by atoms with van der Waals surface area (Å²) in [6.07, 6.45) is -2.07. The standard InChI is InChI=1S/C38H47N20O17P3.3C6H15N/c39-28-24-32(47-9-43-28)55(13-51-24)17-66-1-2-67-76(60,61)73-22-4-19(71-37(22)57-15-53-26-30(41)45-11-49-34(26)57)7-69-78(64,65)75-23-5-20(72-38(23)58-16-54-27-31(42)46-12-50-35(27)58)8-68-77(62,63)74-21-3-18(6-59)70-36(21)56-14-52-25-29(40)44-10-48-33(25)56;3*1-4-7(5-2)6-3/h9-16,18-23,36-38,59H,1-8,17H2,(H,60,61)(H,62,63)(H,64,65)(H2,39,43,47)(H2,40,44,48)(H2,41,45,49)(H2,42,46,50);3*4-6H2,1-3H3/t18-,19-,20-,21+,22+,23+,36+,37+,38+;;;/m0.../s1. The molecule has 0 aliphatic carbocycles. The normalized spacial score (nSPS) is 22.7. The minimum atomic E-state index is -5.42. The highest BCUT2D eigenvalue weighted by atomic mass is 31.2. The van der Waals surface area contributed by atoms with Crippen molar-refractivity contribution in [1.29, 1.82) is 0 Å². The molecule has 3 fully saturated rings. The second-order valence-corrected chi connectivity index (χ2v) is 27.0. The summed E-state index contributed by atoms with van der Waals surface area (Å²) >= 11 is 0. The molecular weight excluding hydrogens is 1360 g/mol. The number of nitrogens with one attached hydrogen (secondary N) is 3. The maximum Gasteiger partial charge on any atom is 0.268 e. The number of ether oxygens (including phenoxy) is 4. The monoisotopic (exact) mass is 1450 g/mol. The van der Waals surface area contributed by atoms with Gasteiger partial charge in [0.25, 0.3) is 23.5 Å². The Bertz CT molecular complexity index is 3930. The number of hydrogen-bond donors (Lipinski definition) is 8. The lowest BCUT2D eigenvalue weighted by atomic mass is 10.2. The molecule has 3 aliphatic heterocycles. The van der Waals surface area contributed by atoms with E-state index in [9.17, 15) is 33.5 Å². The van der Waals surface area contributed by atoms with Crippen LogP contribution in [0.25, 0.3) is 44.7 Å². The van der Waals surface area contributed by atoms with E-state index in [-0.39, 0.29) is 89.4 Å². The largest absolute Gasteiger partial charge is 0.756 e. The quantitative estimate of drug-likeness (QED) is 0.0171. The highest BCUT2D eigenvalue weighted by Crippen LogP contribution is 2.51. The Balaban J connectivity index is 0.000000517. The van der Waals surface area contributed by atoms with Gasteiger partial charge >= 0.3 is 0 Å². The molecule has 0 aromatic carbocycles. The van der Waals surface area contributed by atoms with Crippen molar-refractivity contribution in [1.82, 2.24) is 78.1 Å². The summed E-state index contributed by atoms with van der Waals surface area (Å²) in [5.74, 6) is 0.209. The van der Waals surface area contributed by atoms with E-state index in [0.717, 1.165) is 12.7 Å². The lowest BCUT2D eigenvalue weighted by molar-refractivity contribution is -0.894. The number of nitrogens with two attached hydrogens (primary N) is 4. The third-order valence-electron chi connectivity index (χ3n) is 16.9. The van der Waals surface area contributed by atoms with Crippen LogP contribution in [0.5, 0.6) is 0 Å². The van der Waals surface area contributed by atoms with Gasteiger partial charge in [0.1, 0.15) is 72.4 Å². The number of hydrogen-bond acceptors (Lipinski definition) is 33. The molecule has 3 aliphatic rings. The van der Waals surface area contributed by atoms with Gasteiger partial charge in [-0.1, -0.05) is 0 Å². The number of nitrogens with zero attached hydrogens (tertiary/aromatic N) is 16. The number of phosphoric ester groups is 3. The SMILES string of the molecule is CC[NH+](CC)CC.CC[NH+](CC)CC.CC[NH+](CC)CC.Nc1ncnc2c1ncn2COCCOP(=O)([O-])O[C@@H]1C[C@@H](COP(=O)([O-])O[C@@H]2C[C@@H](COP(=O)([O-])O[C@@H]3C[C@@H](CO)O[C@H]3n3cnc4c(N)ncnc43)O[C@H]2n2cnc3c(N)ncnc32)O[C@H]1n1cnc2c(N)ncnc21. The van der Waals surface area contributed by atoms with Crippen LogP contribution in [-0.2, 0) is 66.5 Å². The lowest BCUT2D eigenvalue weighted by Crippen LogP contribution is -3.11. The molecule has 0 amide bonds. The van der Waals surface area contributed by atoms with Gasteiger partial charge in [-0.25, -0.2) is 59.8 Å². The van der Waals surface area contributed by atoms with E-state index < -0.39 is 105 Å². The maximum absolute atomic E-state index is 13.8.